The van der Waals surface area contributed by atoms with Crippen molar-refractivity contribution in [2.24, 2.45) is 0 Å². The summed E-state index contributed by atoms with van der Waals surface area (Å²) in [6.07, 6.45) is -14.8. The summed E-state index contributed by atoms with van der Waals surface area (Å²) in [6, 6.07) is 0. The molecule has 0 aromatic heterocycles. The van der Waals surface area contributed by atoms with E-state index in [2.05, 4.69) is 4.74 Å². The lowest BCUT2D eigenvalue weighted by Crippen LogP contribution is -2.45. The van der Waals surface area contributed by atoms with Gasteiger partial charge in [0.25, 0.3) is 0 Å². The summed E-state index contributed by atoms with van der Waals surface area (Å²) in [4.78, 5) is 10.7. The molecule has 0 spiro atoms. The fourth-order valence-electron chi connectivity index (χ4n) is 0.902. The number of carbonyl (C=O) groups is 1. The summed E-state index contributed by atoms with van der Waals surface area (Å²) in [5, 5.41) is 0. The normalized spacial score (nSPS) is 13.2. The van der Waals surface area contributed by atoms with Crippen LogP contribution in [0.3, 0.4) is 0 Å². The first-order valence-electron chi connectivity index (χ1n) is 4.35. The van der Waals surface area contributed by atoms with Crippen LogP contribution in [0.5, 0.6) is 0 Å². The highest BCUT2D eigenvalue weighted by molar-refractivity contribution is 5.79. The second-order valence-electron chi connectivity index (χ2n) is 3.06. The van der Waals surface area contributed by atoms with Crippen LogP contribution < -0.4 is 0 Å². The molecular weight excluding hydrogens is 242 g/mol. The van der Waals surface area contributed by atoms with Crippen LogP contribution in [0, 0.1) is 0 Å². The van der Waals surface area contributed by atoms with E-state index in [4.69, 9.17) is 0 Å². The Balaban J connectivity index is 4.42. The van der Waals surface area contributed by atoms with E-state index < -0.39 is 30.8 Å². The van der Waals surface area contributed by atoms with Gasteiger partial charge in [-0.2, -0.15) is 26.3 Å². The van der Waals surface area contributed by atoms with Crippen LogP contribution in [0.2, 0.25) is 0 Å². The molecule has 8 heteroatoms. The first-order valence-corrected chi connectivity index (χ1v) is 4.35. The zero-order chi connectivity index (χ0) is 13.0. The molecule has 0 radical (unpaired) electrons. The molecule has 16 heavy (non-hydrogen) atoms. The van der Waals surface area contributed by atoms with Crippen molar-refractivity contribution in [2.75, 3.05) is 6.61 Å². The molecule has 0 unspecified atom stereocenters. The first kappa shape index (κ1) is 15.2. The molecule has 0 N–H and O–H groups in total. The number of hydrogen-bond acceptors (Lipinski definition) is 2. The third-order valence-corrected chi connectivity index (χ3v) is 1.53. The van der Waals surface area contributed by atoms with Crippen molar-refractivity contribution in [3.8, 4) is 0 Å². The molecule has 0 aliphatic rings. The maximum atomic E-state index is 11.9. The van der Waals surface area contributed by atoms with Crippen molar-refractivity contribution in [1.82, 2.24) is 0 Å². The van der Waals surface area contributed by atoms with Crippen molar-refractivity contribution in [2.45, 2.75) is 38.2 Å². The van der Waals surface area contributed by atoms with Gasteiger partial charge in [-0.1, -0.05) is 6.92 Å². The molecule has 0 saturated carbocycles. The first-order chi connectivity index (χ1) is 7.09. The summed E-state index contributed by atoms with van der Waals surface area (Å²) in [6.45, 7) is 0.389. The molecule has 0 saturated heterocycles. The number of carbonyl (C=O) groups excluding carboxylic acids is 1. The van der Waals surface area contributed by atoms with Gasteiger partial charge in [0.15, 0.2) is 5.78 Å². The highest BCUT2D eigenvalue weighted by Crippen LogP contribution is 2.35. The summed E-state index contributed by atoms with van der Waals surface area (Å²) in [7, 11) is 0. The fraction of sp³-hybridized carbons (Fsp3) is 0.875. The van der Waals surface area contributed by atoms with Crippen LogP contribution in [0.1, 0.15) is 19.8 Å². The van der Waals surface area contributed by atoms with E-state index in [-0.39, 0.29) is 6.42 Å². The minimum absolute atomic E-state index is 0.109. The molecule has 0 fully saturated rings. The Bertz CT molecular complexity index is 218. The van der Waals surface area contributed by atoms with Crippen LogP contribution in [-0.4, -0.2) is 30.8 Å². The van der Waals surface area contributed by atoms with Crippen LogP contribution in [0.25, 0.3) is 0 Å². The molecule has 0 rings (SSSR count). The largest absolute Gasteiger partial charge is 0.423 e. The van der Waals surface area contributed by atoms with E-state index in [1.165, 1.54) is 0 Å². The lowest BCUT2D eigenvalue weighted by molar-refractivity contribution is -0.319. The third kappa shape index (κ3) is 5.34. The van der Waals surface area contributed by atoms with E-state index in [1.54, 1.807) is 6.92 Å². The maximum Gasteiger partial charge on any atom is 0.423 e. The van der Waals surface area contributed by atoms with Gasteiger partial charge in [0.1, 0.15) is 6.61 Å². The predicted molar refractivity (Wildman–Crippen MR) is 41.8 cm³/mol. The van der Waals surface area contributed by atoms with Crippen LogP contribution in [-0.2, 0) is 9.53 Å². The Labute approximate surface area is 87.6 Å². The van der Waals surface area contributed by atoms with E-state index in [9.17, 15) is 31.1 Å². The molecule has 0 heterocycles. The molecule has 0 amide bonds. The van der Waals surface area contributed by atoms with E-state index in [0.717, 1.165) is 0 Å². The molecule has 0 bridgehead atoms. The number of rotatable bonds is 5. The topological polar surface area (TPSA) is 26.3 Å². The number of alkyl halides is 6. The number of ether oxygens (including phenoxy) is 1. The molecular formula is C8H10F6O2. The average Bonchev–Trinajstić information content (AvgIpc) is 1.99. The van der Waals surface area contributed by atoms with E-state index in [0.29, 0.717) is 6.42 Å². The summed E-state index contributed by atoms with van der Waals surface area (Å²) >= 11 is 0. The highest BCUT2D eigenvalue weighted by Gasteiger charge is 2.58. The predicted octanol–water partition coefficient (Wildman–Crippen LogP) is 2.87. The molecule has 0 aliphatic carbocycles. The molecule has 96 valence electrons. The number of halogens is 6. The smallest absolute Gasteiger partial charge is 0.353 e. The van der Waals surface area contributed by atoms with Gasteiger partial charge in [0, 0.05) is 6.42 Å². The van der Waals surface area contributed by atoms with Gasteiger partial charge < -0.3 is 4.74 Å². The summed E-state index contributed by atoms with van der Waals surface area (Å²) in [5.74, 6) is -0.791. The Hall–Kier alpha value is -0.790. The monoisotopic (exact) mass is 252 g/mol. The Morgan fingerprint density at radius 1 is 1.12 bits per heavy atom. The molecule has 0 atom stereocenters. The van der Waals surface area contributed by atoms with Crippen LogP contribution in [0.4, 0.5) is 26.3 Å². The fourth-order valence-corrected chi connectivity index (χ4v) is 0.902. The number of Topliss-reactive ketones (excluding diaryl/α,β-unsaturated/α-hetero) is 1. The average molecular weight is 252 g/mol. The second kappa shape index (κ2) is 5.51. The van der Waals surface area contributed by atoms with E-state index >= 15 is 0 Å². The van der Waals surface area contributed by atoms with Gasteiger partial charge in [-0.3, -0.25) is 4.79 Å². The van der Waals surface area contributed by atoms with Gasteiger partial charge in [0.2, 0.25) is 6.10 Å². The number of hydrogen-bond donors (Lipinski definition) is 0. The Morgan fingerprint density at radius 2 is 1.56 bits per heavy atom. The molecule has 0 aromatic rings. The SMILES string of the molecule is CCCC(=O)COC(C(F)(F)F)C(F)(F)F. The van der Waals surface area contributed by atoms with Gasteiger partial charge in [-0.05, 0) is 6.42 Å². The zero-order valence-corrected chi connectivity index (χ0v) is 8.28. The van der Waals surface area contributed by atoms with Gasteiger partial charge in [-0.15, -0.1) is 0 Å². The maximum absolute atomic E-state index is 11.9. The van der Waals surface area contributed by atoms with Crippen molar-refractivity contribution in [3.63, 3.8) is 0 Å². The minimum Gasteiger partial charge on any atom is -0.353 e. The van der Waals surface area contributed by atoms with Gasteiger partial charge in [0.05, 0.1) is 0 Å². The lowest BCUT2D eigenvalue weighted by Gasteiger charge is -2.22. The molecule has 0 aromatic carbocycles. The second-order valence-corrected chi connectivity index (χ2v) is 3.06. The molecule has 2 nitrogen and oxygen atoms in total. The Morgan fingerprint density at radius 3 is 1.88 bits per heavy atom. The van der Waals surface area contributed by atoms with Crippen molar-refractivity contribution in [3.05, 3.63) is 0 Å². The summed E-state index contributed by atoms with van der Waals surface area (Å²) in [5.41, 5.74) is 0. The minimum atomic E-state index is -5.56. The third-order valence-electron chi connectivity index (χ3n) is 1.53. The zero-order valence-electron chi connectivity index (χ0n) is 8.28. The van der Waals surface area contributed by atoms with Gasteiger partial charge in [-0.25, -0.2) is 0 Å². The molecule has 0 aliphatic heterocycles. The Kier molecular flexibility index (Phi) is 5.24. The van der Waals surface area contributed by atoms with Crippen LogP contribution >= 0.6 is 0 Å². The van der Waals surface area contributed by atoms with E-state index in [1.807, 2.05) is 0 Å². The van der Waals surface area contributed by atoms with Crippen molar-refractivity contribution < 1.29 is 35.9 Å². The lowest BCUT2D eigenvalue weighted by atomic mass is 10.2. The standard InChI is InChI=1S/C8H10F6O2/c1-2-3-5(15)4-16-6(7(9,10)11)8(12,13)14/h6H,2-4H2,1H3. The number of ketones is 1. The van der Waals surface area contributed by atoms with Crippen LogP contribution in [0.15, 0.2) is 0 Å². The van der Waals surface area contributed by atoms with Crippen molar-refractivity contribution in [1.29, 1.82) is 0 Å². The van der Waals surface area contributed by atoms with Crippen molar-refractivity contribution >= 4 is 5.78 Å². The van der Waals surface area contributed by atoms with Gasteiger partial charge >= 0.3 is 12.4 Å². The quantitative estimate of drug-likeness (QED) is 0.703. The highest BCUT2D eigenvalue weighted by atomic mass is 19.4. The summed E-state index contributed by atoms with van der Waals surface area (Å²) < 4.78 is 75.0.